The van der Waals surface area contributed by atoms with Crippen LogP contribution in [-0.2, 0) is 0 Å². The number of aryl methyl sites for hydroxylation is 1. The van der Waals surface area contributed by atoms with E-state index in [4.69, 9.17) is 0 Å². The first-order valence-electron chi connectivity index (χ1n) is 8.40. The third-order valence-electron chi connectivity index (χ3n) is 4.60. The van der Waals surface area contributed by atoms with E-state index in [2.05, 4.69) is 30.9 Å². The van der Waals surface area contributed by atoms with Gasteiger partial charge in [-0.25, -0.2) is 4.98 Å². The molecule has 7 heteroatoms. The number of aromatic nitrogens is 4. The molecule has 0 radical (unpaired) electrons. The fraction of sp³-hybridized carbons (Fsp3) is 0.333. The van der Waals surface area contributed by atoms with E-state index in [0.717, 1.165) is 48.9 Å². The summed E-state index contributed by atoms with van der Waals surface area (Å²) in [6.45, 7) is 7.19. The molecule has 7 nitrogen and oxygen atoms in total. The van der Waals surface area contributed by atoms with Crippen LogP contribution in [0.25, 0.3) is 5.78 Å². The molecule has 1 saturated heterocycles. The molecule has 128 valence electrons. The van der Waals surface area contributed by atoms with Gasteiger partial charge in [0.15, 0.2) is 5.78 Å². The first kappa shape index (κ1) is 15.6. The summed E-state index contributed by atoms with van der Waals surface area (Å²) in [7, 11) is 0. The van der Waals surface area contributed by atoms with E-state index in [9.17, 15) is 4.79 Å². The first-order valence-corrected chi connectivity index (χ1v) is 8.40. The summed E-state index contributed by atoms with van der Waals surface area (Å²) in [5.74, 6) is 1.77. The molecule has 1 fully saturated rings. The molecule has 0 saturated carbocycles. The van der Waals surface area contributed by atoms with E-state index in [0.29, 0.717) is 5.78 Å². The monoisotopic (exact) mass is 336 g/mol. The number of carbonyl (C=O) groups is 1. The molecule has 1 aromatic carbocycles. The van der Waals surface area contributed by atoms with Gasteiger partial charge in [-0.05, 0) is 38.1 Å². The van der Waals surface area contributed by atoms with Crippen molar-refractivity contribution in [3.63, 3.8) is 0 Å². The van der Waals surface area contributed by atoms with Gasteiger partial charge in [-0.2, -0.15) is 14.6 Å². The number of Topliss-reactive ketones (excluding diaryl/α,β-unsaturated/α-hetero) is 1. The summed E-state index contributed by atoms with van der Waals surface area (Å²) in [4.78, 5) is 24.7. The van der Waals surface area contributed by atoms with Crippen LogP contribution in [0.1, 0.15) is 23.0 Å². The predicted octanol–water partition coefficient (Wildman–Crippen LogP) is 1.96. The van der Waals surface area contributed by atoms with Crippen molar-refractivity contribution in [2.75, 3.05) is 36.0 Å². The fourth-order valence-corrected chi connectivity index (χ4v) is 3.24. The van der Waals surface area contributed by atoms with Crippen molar-refractivity contribution >= 4 is 23.1 Å². The van der Waals surface area contributed by atoms with Crippen LogP contribution in [-0.4, -0.2) is 51.5 Å². The van der Waals surface area contributed by atoms with Crippen LogP contribution >= 0.6 is 0 Å². The minimum absolute atomic E-state index is 0.0984. The van der Waals surface area contributed by atoms with Crippen molar-refractivity contribution in [1.29, 1.82) is 0 Å². The Morgan fingerprint density at radius 1 is 1.04 bits per heavy atom. The van der Waals surface area contributed by atoms with Gasteiger partial charge in [0.05, 0.1) is 0 Å². The molecule has 3 heterocycles. The van der Waals surface area contributed by atoms with Gasteiger partial charge < -0.3 is 9.80 Å². The van der Waals surface area contributed by atoms with Gasteiger partial charge in [-0.15, -0.1) is 0 Å². The molecule has 0 amide bonds. The molecule has 0 aliphatic carbocycles. The lowest BCUT2D eigenvalue weighted by Crippen LogP contribution is -2.47. The van der Waals surface area contributed by atoms with E-state index < -0.39 is 0 Å². The molecule has 25 heavy (non-hydrogen) atoms. The molecule has 3 aromatic rings. The SMILES string of the molecule is CC(=O)c1ccc(N2CCN(c3cc(C)nc4ncnn34)CC2)cc1. The second-order valence-corrected chi connectivity index (χ2v) is 6.30. The molecule has 1 aliphatic rings. The molecule has 4 rings (SSSR count). The zero-order valence-corrected chi connectivity index (χ0v) is 14.4. The number of hydrogen-bond donors (Lipinski definition) is 0. The van der Waals surface area contributed by atoms with Gasteiger partial charge in [0.1, 0.15) is 12.1 Å². The summed E-state index contributed by atoms with van der Waals surface area (Å²) in [5, 5.41) is 4.29. The number of benzene rings is 1. The molecule has 0 spiro atoms. The van der Waals surface area contributed by atoms with Gasteiger partial charge in [0.2, 0.25) is 0 Å². The Kier molecular flexibility index (Phi) is 3.83. The van der Waals surface area contributed by atoms with Crippen LogP contribution < -0.4 is 9.80 Å². The van der Waals surface area contributed by atoms with Crippen LogP contribution in [0, 0.1) is 6.92 Å². The third kappa shape index (κ3) is 2.93. The summed E-state index contributed by atoms with van der Waals surface area (Å²) < 4.78 is 1.80. The zero-order valence-electron chi connectivity index (χ0n) is 14.4. The Labute approximate surface area is 145 Å². The minimum Gasteiger partial charge on any atom is -0.368 e. The highest BCUT2D eigenvalue weighted by Crippen LogP contribution is 2.21. The Morgan fingerprint density at radius 2 is 1.72 bits per heavy atom. The summed E-state index contributed by atoms with van der Waals surface area (Å²) in [5.41, 5.74) is 2.85. The Morgan fingerprint density at radius 3 is 2.40 bits per heavy atom. The molecule has 1 aliphatic heterocycles. The van der Waals surface area contributed by atoms with Crippen LogP contribution in [0.3, 0.4) is 0 Å². The van der Waals surface area contributed by atoms with E-state index in [1.165, 1.54) is 6.33 Å². The lowest BCUT2D eigenvalue weighted by Gasteiger charge is -2.37. The van der Waals surface area contributed by atoms with Crippen molar-refractivity contribution in [2.45, 2.75) is 13.8 Å². The number of carbonyl (C=O) groups excluding carboxylic acids is 1. The second kappa shape index (κ2) is 6.16. The molecule has 2 aromatic heterocycles. The summed E-state index contributed by atoms with van der Waals surface area (Å²) in [6, 6.07) is 9.90. The smallest absolute Gasteiger partial charge is 0.254 e. The third-order valence-corrected chi connectivity index (χ3v) is 4.60. The highest BCUT2D eigenvalue weighted by atomic mass is 16.1. The average molecular weight is 336 g/mol. The number of nitrogens with zero attached hydrogens (tertiary/aromatic N) is 6. The van der Waals surface area contributed by atoms with E-state index in [1.54, 1.807) is 11.4 Å². The first-order chi connectivity index (χ1) is 12.1. The fourth-order valence-electron chi connectivity index (χ4n) is 3.24. The number of anilines is 2. The van der Waals surface area contributed by atoms with Gasteiger partial charge in [0.25, 0.3) is 5.78 Å². The van der Waals surface area contributed by atoms with Crippen LogP contribution in [0.15, 0.2) is 36.7 Å². The van der Waals surface area contributed by atoms with Crippen molar-refractivity contribution < 1.29 is 4.79 Å². The van der Waals surface area contributed by atoms with E-state index in [1.807, 2.05) is 31.2 Å². The second-order valence-electron chi connectivity index (χ2n) is 6.30. The normalized spacial score (nSPS) is 15.0. The van der Waals surface area contributed by atoms with Gasteiger partial charge in [-0.3, -0.25) is 4.79 Å². The minimum atomic E-state index is 0.0984. The predicted molar refractivity (Wildman–Crippen MR) is 96.4 cm³/mol. The molecule has 0 atom stereocenters. The molecule has 0 N–H and O–H groups in total. The Bertz CT molecular complexity index is 909. The number of rotatable bonds is 3. The van der Waals surface area contributed by atoms with Crippen LogP contribution in [0.5, 0.6) is 0 Å². The maximum atomic E-state index is 11.4. The summed E-state index contributed by atoms with van der Waals surface area (Å²) >= 11 is 0. The highest BCUT2D eigenvalue weighted by Gasteiger charge is 2.20. The van der Waals surface area contributed by atoms with Crippen molar-refractivity contribution in [3.8, 4) is 0 Å². The number of fused-ring (bicyclic) bond motifs is 1. The van der Waals surface area contributed by atoms with Gasteiger partial charge in [-0.1, -0.05) is 0 Å². The molecular formula is C18H20N6O. The number of ketones is 1. The summed E-state index contributed by atoms with van der Waals surface area (Å²) in [6.07, 6.45) is 1.54. The Hall–Kier alpha value is -2.96. The topological polar surface area (TPSA) is 66.6 Å². The highest BCUT2D eigenvalue weighted by molar-refractivity contribution is 5.94. The quantitative estimate of drug-likeness (QED) is 0.681. The van der Waals surface area contributed by atoms with Crippen molar-refractivity contribution in [1.82, 2.24) is 19.6 Å². The van der Waals surface area contributed by atoms with Crippen LogP contribution in [0.4, 0.5) is 11.5 Å². The average Bonchev–Trinajstić information content (AvgIpc) is 3.09. The molecular weight excluding hydrogens is 316 g/mol. The van der Waals surface area contributed by atoms with E-state index in [-0.39, 0.29) is 5.78 Å². The molecule has 0 unspecified atom stereocenters. The zero-order chi connectivity index (χ0) is 17.4. The van der Waals surface area contributed by atoms with Crippen LogP contribution in [0.2, 0.25) is 0 Å². The van der Waals surface area contributed by atoms with Crippen molar-refractivity contribution in [2.24, 2.45) is 0 Å². The van der Waals surface area contributed by atoms with E-state index >= 15 is 0 Å². The lowest BCUT2D eigenvalue weighted by molar-refractivity contribution is 0.101. The lowest BCUT2D eigenvalue weighted by atomic mass is 10.1. The van der Waals surface area contributed by atoms with Gasteiger partial charge in [0, 0.05) is 49.2 Å². The largest absolute Gasteiger partial charge is 0.368 e. The van der Waals surface area contributed by atoms with Gasteiger partial charge >= 0.3 is 0 Å². The molecule has 0 bridgehead atoms. The maximum absolute atomic E-state index is 11.4. The Balaban J connectivity index is 1.51. The maximum Gasteiger partial charge on any atom is 0.254 e. The van der Waals surface area contributed by atoms with Crippen molar-refractivity contribution in [3.05, 3.63) is 47.9 Å². The number of hydrogen-bond acceptors (Lipinski definition) is 6. The standard InChI is InChI=1S/C18H20N6O/c1-13-11-17(24-18(21-13)19-12-20-24)23-9-7-22(8-10-23)16-5-3-15(4-6-16)14(2)25/h3-6,11-12H,7-10H2,1-2H3. The number of piperazine rings is 1.